The SMILES string of the molecule is C[C@H](Sc1n[nH]c(-c2cccs2)n1)C(=O)N[C@H]1CCS(=O)(=O)C1. The number of hydrogen-bond acceptors (Lipinski definition) is 7. The molecule has 10 heteroatoms. The molecular formula is C13H16N4O3S3. The molecule has 0 aromatic carbocycles. The van der Waals surface area contributed by atoms with Crippen LogP contribution in [0.4, 0.5) is 0 Å². The topological polar surface area (TPSA) is 105 Å². The lowest BCUT2D eigenvalue weighted by Crippen LogP contribution is -2.39. The van der Waals surface area contributed by atoms with Crippen molar-refractivity contribution in [3.63, 3.8) is 0 Å². The summed E-state index contributed by atoms with van der Waals surface area (Å²) in [4.78, 5) is 17.5. The van der Waals surface area contributed by atoms with Crippen molar-refractivity contribution in [1.29, 1.82) is 0 Å². The normalized spacial score (nSPS) is 21.2. The number of amides is 1. The highest BCUT2D eigenvalue weighted by molar-refractivity contribution is 8.00. The van der Waals surface area contributed by atoms with E-state index in [9.17, 15) is 13.2 Å². The highest BCUT2D eigenvalue weighted by Gasteiger charge is 2.30. The maximum atomic E-state index is 12.2. The highest BCUT2D eigenvalue weighted by atomic mass is 32.2. The van der Waals surface area contributed by atoms with Crippen molar-refractivity contribution in [1.82, 2.24) is 20.5 Å². The fourth-order valence-electron chi connectivity index (χ4n) is 2.26. The van der Waals surface area contributed by atoms with Gasteiger partial charge in [-0.25, -0.2) is 13.4 Å². The van der Waals surface area contributed by atoms with Crippen molar-refractivity contribution >= 4 is 38.8 Å². The van der Waals surface area contributed by atoms with Gasteiger partial charge in [0, 0.05) is 6.04 Å². The van der Waals surface area contributed by atoms with Gasteiger partial charge in [0.25, 0.3) is 0 Å². The van der Waals surface area contributed by atoms with Gasteiger partial charge in [0.05, 0.1) is 21.6 Å². The Labute approximate surface area is 142 Å². The van der Waals surface area contributed by atoms with Crippen LogP contribution in [0.1, 0.15) is 13.3 Å². The van der Waals surface area contributed by atoms with Crippen molar-refractivity contribution in [3.05, 3.63) is 17.5 Å². The predicted molar refractivity (Wildman–Crippen MR) is 90.2 cm³/mol. The van der Waals surface area contributed by atoms with E-state index in [0.717, 1.165) is 4.88 Å². The summed E-state index contributed by atoms with van der Waals surface area (Å²) in [5.41, 5.74) is 0. The predicted octanol–water partition coefficient (Wildman–Crippen LogP) is 1.32. The standard InChI is InChI=1S/C13H16N4O3S3/c1-8(12(18)14-9-4-6-23(19,20)7-9)22-13-15-11(16-17-13)10-3-2-5-21-10/h2-3,5,8-9H,4,6-7H2,1H3,(H,14,18)(H,15,16,17)/t8-,9-/m0/s1. The molecule has 1 amide bonds. The van der Waals surface area contributed by atoms with Crippen molar-refractivity contribution < 1.29 is 13.2 Å². The van der Waals surface area contributed by atoms with E-state index >= 15 is 0 Å². The zero-order valence-corrected chi connectivity index (χ0v) is 14.8. The number of sulfone groups is 1. The molecule has 0 bridgehead atoms. The number of thioether (sulfide) groups is 1. The van der Waals surface area contributed by atoms with Gasteiger partial charge in [-0.3, -0.25) is 9.89 Å². The molecule has 23 heavy (non-hydrogen) atoms. The van der Waals surface area contributed by atoms with Crippen molar-refractivity contribution in [2.75, 3.05) is 11.5 Å². The molecule has 3 rings (SSSR count). The number of nitrogens with zero attached hydrogens (tertiary/aromatic N) is 2. The molecule has 2 aromatic heterocycles. The van der Waals surface area contributed by atoms with Gasteiger partial charge < -0.3 is 5.32 Å². The Balaban J connectivity index is 1.56. The van der Waals surface area contributed by atoms with E-state index in [1.807, 2.05) is 17.5 Å². The molecule has 0 saturated carbocycles. The fourth-order valence-corrected chi connectivity index (χ4v) is 5.33. The lowest BCUT2D eigenvalue weighted by atomic mass is 10.2. The Morgan fingerprint density at radius 3 is 3.04 bits per heavy atom. The van der Waals surface area contributed by atoms with Crippen LogP contribution < -0.4 is 5.32 Å². The Morgan fingerprint density at radius 1 is 1.57 bits per heavy atom. The second-order valence-corrected chi connectivity index (χ2v) is 9.80. The first-order valence-corrected chi connectivity index (χ1v) is 10.6. The molecule has 1 saturated heterocycles. The van der Waals surface area contributed by atoms with Gasteiger partial charge in [-0.15, -0.1) is 16.4 Å². The summed E-state index contributed by atoms with van der Waals surface area (Å²) < 4.78 is 22.8. The molecule has 0 radical (unpaired) electrons. The minimum Gasteiger partial charge on any atom is -0.351 e. The maximum Gasteiger partial charge on any atom is 0.233 e. The summed E-state index contributed by atoms with van der Waals surface area (Å²) >= 11 is 2.80. The van der Waals surface area contributed by atoms with Crippen LogP contribution in [-0.2, 0) is 14.6 Å². The van der Waals surface area contributed by atoms with E-state index in [1.165, 1.54) is 11.8 Å². The zero-order valence-electron chi connectivity index (χ0n) is 12.4. The minimum atomic E-state index is -3.00. The van der Waals surface area contributed by atoms with Gasteiger partial charge in [0.2, 0.25) is 11.1 Å². The molecule has 1 aliphatic heterocycles. The molecule has 2 atom stereocenters. The van der Waals surface area contributed by atoms with Gasteiger partial charge in [-0.05, 0) is 24.8 Å². The third kappa shape index (κ3) is 4.12. The molecule has 0 spiro atoms. The zero-order chi connectivity index (χ0) is 16.4. The first kappa shape index (κ1) is 16.5. The summed E-state index contributed by atoms with van der Waals surface area (Å²) in [6.07, 6.45) is 0.481. The second kappa shape index (κ2) is 6.62. The molecule has 124 valence electrons. The van der Waals surface area contributed by atoms with Gasteiger partial charge >= 0.3 is 0 Å². The first-order valence-electron chi connectivity index (χ1n) is 7.07. The molecule has 1 aliphatic rings. The Kier molecular flexibility index (Phi) is 4.74. The summed E-state index contributed by atoms with van der Waals surface area (Å²) in [6.45, 7) is 1.75. The number of rotatable bonds is 5. The molecule has 3 heterocycles. The molecule has 2 N–H and O–H groups in total. The Bertz CT molecular complexity index is 785. The molecule has 2 aromatic rings. The van der Waals surface area contributed by atoms with Crippen molar-refractivity contribution in [2.45, 2.75) is 29.8 Å². The first-order chi connectivity index (χ1) is 10.9. The summed E-state index contributed by atoms with van der Waals surface area (Å²) in [7, 11) is -3.00. The molecule has 1 fully saturated rings. The average Bonchev–Trinajstić information content (AvgIpc) is 3.19. The smallest absolute Gasteiger partial charge is 0.233 e. The largest absolute Gasteiger partial charge is 0.351 e. The number of nitrogens with one attached hydrogen (secondary N) is 2. The number of carbonyl (C=O) groups excluding carboxylic acids is 1. The van der Waals surface area contributed by atoms with Crippen LogP contribution >= 0.6 is 23.1 Å². The number of aromatic nitrogens is 3. The number of carbonyl (C=O) groups is 1. The van der Waals surface area contributed by atoms with Crippen LogP contribution in [0.25, 0.3) is 10.7 Å². The van der Waals surface area contributed by atoms with Crippen LogP contribution in [0.15, 0.2) is 22.7 Å². The molecule has 0 aliphatic carbocycles. The van der Waals surface area contributed by atoms with Crippen LogP contribution in [0, 0.1) is 0 Å². The minimum absolute atomic E-state index is 0.0271. The quantitative estimate of drug-likeness (QED) is 0.767. The summed E-state index contributed by atoms with van der Waals surface area (Å²) in [6, 6.07) is 3.58. The van der Waals surface area contributed by atoms with Crippen molar-refractivity contribution in [3.8, 4) is 10.7 Å². The lowest BCUT2D eigenvalue weighted by Gasteiger charge is -2.14. The van der Waals surface area contributed by atoms with Gasteiger partial charge in [0.15, 0.2) is 15.7 Å². The monoisotopic (exact) mass is 372 g/mol. The Morgan fingerprint density at radius 2 is 2.39 bits per heavy atom. The van der Waals surface area contributed by atoms with Crippen molar-refractivity contribution in [2.24, 2.45) is 0 Å². The van der Waals surface area contributed by atoms with E-state index in [-0.39, 0.29) is 23.5 Å². The molecule has 7 nitrogen and oxygen atoms in total. The van der Waals surface area contributed by atoms with Crippen LogP contribution in [0.3, 0.4) is 0 Å². The second-order valence-electron chi connectivity index (χ2n) is 5.31. The Hall–Kier alpha value is -1.39. The van der Waals surface area contributed by atoms with Gasteiger partial charge in [-0.1, -0.05) is 17.8 Å². The fraction of sp³-hybridized carbons (Fsp3) is 0.462. The summed E-state index contributed by atoms with van der Waals surface area (Å²) in [5.74, 6) is 0.653. The lowest BCUT2D eigenvalue weighted by molar-refractivity contribution is -0.120. The molecular weight excluding hydrogens is 356 g/mol. The van der Waals surface area contributed by atoms with E-state index in [2.05, 4.69) is 20.5 Å². The number of thiophene rings is 1. The number of H-pyrrole nitrogens is 1. The summed E-state index contributed by atoms with van der Waals surface area (Å²) in [5, 5.41) is 11.8. The third-order valence-electron chi connectivity index (χ3n) is 3.45. The van der Waals surface area contributed by atoms with Crippen LogP contribution in [0.2, 0.25) is 0 Å². The molecule has 0 unspecified atom stereocenters. The average molecular weight is 372 g/mol. The maximum absolute atomic E-state index is 12.2. The van der Waals surface area contributed by atoms with Crippen LogP contribution in [-0.4, -0.2) is 52.3 Å². The third-order valence-corrected chi connectivity index (χ3v) is 7.06. The number of aromatic amines is 1. The van der Waals surface area contributed by atoms with E-state index in [4.69, 9.17) is 0 Å². The van der Waals surface area contributed by atoms with Crippen LogP contribution in [0.5, 0.6) is 0 Å². The van der Waals surface area contributed by atoms with E-state index < -0.39 is 15.1 Å². The van der Waals surface area contributed by atoms with E-state index in [1.54, 1.807) is 18.3 Å². The van der Waals surface area contributed by atoms with E-state index in [0.29, 0.717) is 17.4 Å². The highest BCUT2D eigenvalue weighted by Crippen LogP contribution is 2.25. The van der Waals surface area contributed by atoms with Gasteiger partial charge in [-0.2, -0.15) is 0 Å². The number of hydrogen-bond donors (Lipinski definition) is 2. The van der Waals surface area contributed by atoms with Gasteiger partial charge in [0.1, 0.15) is 0 Å².